The Hall–Kier alpha value is 0.01000. The van der Waals surface area contributed by atoms with Crippen LogP contribution in [0.3, 0.4) is 0 Å². The topological polar surface area (TPSA) is 29.3 Å². The molecule has 0 fully saturated rings. The Morgan fingerprint density at radius 1 is 1.46 bits per heavy atom. The Bertz CT molecular complexity index is 137. The Labute approximate surface area is 86.6 Å². The predicted molar refractivity (Wildman–Crippen MR) is 63.3 cm³/mol. The van der Waals surface area contributed by atoms with Crippen LogP contribution in [0.15, 0.2) is 12.2 Å². The fourth-order valence-corrected chi connectivity index (χ4v) is 2.11. The summed E-state index contributed by atoms with van der Waals surface area (Å²) in [6, 6.07) is 0.692. The standard InChI is InChI=1S/C10H22N2S/c1-4-10(9-13-3)12(2)8-6-5-7-11/h5-6,10H,4,7-9,11H2,1-3H3/b6-5+. The van der Waals surface area contributed by atoms with Gasteiger partial charge in [-0.2, -0.15) is 11.8 Å². The van der Waals surface area contributed by atoms with E-state index < -0.39 is 0 Å². The van der Waals surface area contributed by atoms with Gasteiger partial charge in [0.25, 0.3) is 0 Å². The van der Waals surface area contributed by atoms with Crippen molar-refractivity contribution in [3.8, 4) is 0 Å². The van der Waals surface area contributed by atoms with Crippen LogP contribution < -0.4 is 5.73 Å². The van der Waals surface area contributed by atoms with E-state index in [1.807, 2.05) is 17.8 Å². The van der Waals surface area contributed by atoms with Crippen molar-refractivity contribution in [2.75, 3.05) is 32.1 Å². The molecular formula is C10H22N2S. The van der Waals surface area contributed by atoms with Crippen molar-refractivity contribution in [2.45, 2.75) is 19.4 Å². The third-order valence-corrected chi connectivity index (χ3v) is 2.87. The Morgan fingerprint density at radius 3 is 2.62 bits per heavy atom. The highest BCUT2D eigenvalue weighted by atomic mass is 32.2. The van der Waals surface area contributed by atoms with Crippen LogP contribution in [0.1, 0.15) is 13.3 Å². The molecule has 0 aliphatic rings. The van der Waals surface area contributed by atoms with Crippen molar-refractivity contribution in [1.29, 1.82) is 0 Å². The number of thioether (sulfide) groups is 1. The molecule has 13 heavy (non-hydrogen) atoms. The minimum absolute atomic E-state index is 0.646. The molecular weight excluding hydrogens is 180 g/mol. The summed E-state index contributed by atoms with van der Waals surface area (Å²) in [7, 11) is 2.17. The number of likely N-dealkylation sites (N-methyl/N-ethyl adjacent to an activating group) is 1. The van der Waals surface area contributed by atoms with Gasteiger partial charge in [-0.05, 0) is 19.7 Å². The number of nitrogens with two attached hydrogens (primary N) is 1. The maximum Gasteiger partial charge on any atom is 0.0183 e. The van der Waals surface area contributed by atoms with E-state index in [0.717, 1.165) is 6.54 Å². The van der Waals surface area contributed by atoms with Crippen molar-refractivity contribution < 1.29 is 0 Å². The van der Waals surface area contributed by atoms with E-state index in [-0.39, 0.29) is 0 Å². The van der Waals surface area contributed by atoms with Crippen molar-refractivity contribution in [2.24, 2.45) is 5.73 Å². The molecule has 0 aromatic rings. The molecule has 3 heteroatoms. The fraction of sp³-hybridized carbons (Fsp3) is 0.800. The summed E-state index contributed by atoms with van der Waals surface area (Å²) in [5, 5.41) is 0. The Morgan fingerprint density at radius 2 is 2.15 bits per heavy atom. The highest BCUT2D eigenvalue weighted by molar-refractivity contribution is 7.98. The smallest absolute Gasteiger partial charge is 0.0183 e. The van der Waals surface area contributed by atoms with Gasteiger partial charge in [0.15, 0.2) is 0 Å². The minimum atomic E-state index is 0.646. The first kappa shape index (κ1) is 13.0. The Balaban J connectivity index is 3.76. The molecule has 0 aliphatic carbocycles. The molecule has 1 atom stereocenters. The molecule has 0 saturated heterocycles. The van der Waals surface area contributed by atoms with E-state index in [0.29, 0.717) is 12.6 Å². The molecule has 1 unspecified atom stereocenters. The Kier molecular flexibility index (Phi) is 8.61. The van der Waals surface area contributed by atoms with Crippen LogP contribution in [0.25, 0.3) is 0 Å². The van der Waals surface area contributed by atoms with E-state index in [4.69, 9.17) is 5.73 Å². The molecule has 0 aromatic heterocycles. The van der Waals surface area contributed by atoms with E-state index in [9.17, 15) is 0 Å². The maximum atomic E-state index is 5.37. The van der Waals surface area contributed by atoms with Crippen LogP contribution in [0, 0.1) is 0 Å². The monoisotopic (exact) mass is 202 g/mol. The van der Waals surface area contributed by atoms with Gasteiger partial charge in [-0.1, -0.05) is 19.1 Å². The number of hydrogen-bond acceptors (Lipinski definition) is 3. The number of nitrogens with zero attached hydrogens (tertiary/aromatic N) is 1. The second-order valence-electron chi connectivity index (χ2n) is 3.16. The van der Waals surface area contributed by atoms with Crippen molar-refractivity contribution in [3.05, 3.63) is 12.2 Å². The maximum absolute atomic E-state index is 5.37. The molecule has 0 heterocycles. The van der Waals surface area contributed by atoms with Gasteiger partial charge in [0, 0.05) is 24.9 Å². The SMILES string of the molecule is CCC(CSC)N(C)C/C=C/CN. The second-order valence-corrected chi connectivity index (χ2v) is 4.07. The lowest BCUT2D eigenvalue weighted by Gasteiger charge is -2.25. The van der Waals surface area contributed by atoms with E-state index in [1.165, 1.54) is 12.2 Å². The number of hydrogen-bond donors (Lipinski definition) is 1. The lowest BCUT2D eigenvalue weighted by molar-refractivity contribution is 0.282. The van der Waals surface area contributed by atoms with Gasteiger partial charge in [0.2, 0.25) is 0 Å². The zero-order valence-electron chi connectivity index (χ0n) is 8.99. The fourth-order valence-electron chi connectivity index (χ4n) is 1.24. The third-order valence-electron chi connectivity index (χ3n) is 2.15. The zero-order chi connectivity index (χ0) is 10.1. The molecule has 78 valence electrons. The third kappa shape index (κ3) is 6.13. The quantitative estimate of drug-likeness (QED) is 0.636. The summed E-state index contributed by atoms with van der Waals surface area (Å²) in [6.07, 6.45) is 7.53. The molecule has 2 N–H and O–H groups in total. The predicted octanol–water partition coefficient (Wildman–Crippen LogP) is 1.57. The van der Waals surface area contributed by atoms with Gasteiger partial charge in [0.1, 0.15) is 0 Å². The highest BCUT2D eigenvalue weighted by Crippen LogP contribution is 2.07. The summed E-state index contributed by atoms with van der Waals surface area (Å²) < 4.78 is 0. The van der Waals surface area contributed by atoms with Crippen LogP contribution in [-0.4, -0.2) is 43.1 Å². The molecule has 0 saturated carbocycles. The lowest BCUT2D eigenvalue weighted by atomic mass is 10.2. The largest absolute Gasteiger partial charge is 0.327 e. The van der Waals surface area contributed by atoms with Gasteiger partial charge in [-0.15, -0.1) is 0 Å². The summed E-state index contributed by atoms with van der Waals surface area (Å²) in [4.78, 5) is 2.38. The van der Waals surface area contributed by atoms with Gasteiger partial charge in [-0.3, -0.25) is 4.90 Å². The second kappa shape index (κ2) is 8.60. The molecule has 0 radical (unpaired) electrons. The van der Waals surface area contributed by atoms with Crippen molar-refractivity contribution in [1.82, 2.24) is 4.90 Å². The van der Waals surface area contributed by atoms with Crippen LogP contribution in [-0.2, 0) is 0 Å². The molecule has 0 aliphatic heterocycles. The summed E-state index contributed by atoms with van der Waals surface area (Å²) in [5.74, 6) is 1.21. The first-order chi connectivity index (χ1) is 6.26. The summed E-state index contributed by atoms with van der Waals surface area (Å²) >= 11 is 1.91. The molecule has 0 aromatic carbocycles. The molecule has 0 amide bonds. The van der Waals surface area contributed by atoms with E-state index >= 15 is 0 Å². The van der Waals surface area contributed by atoms with Gasteiger partial charge in [-0.25, -0.2) is 0 Å². The van der Waals surface area contributed by atoms with Crippen LogP contribution in [0.5, 0.6) is 0 Å². The average molecular weight is 202 g/mol. The molecule has 2 nitrogen and oxygen atoms in total. The van der Waals surface area contributed by atoms with E-state index in [1.54, 1.807) is 0 Å². The normalized spacial score (nSPS) is 14.2. The highest BCUT2D eigenvalue weighted by Gasteiger charge is 2.09. The van der Waals surface area contributed by atoms with Crippen molar-refractivity contribution >= 4 is 11.8 Å². The zero-order valence-corrected chi connectivity index (χ0v) is 9.81. The van der Waals surface area contributed by atoms with Crippen LogP contribution in [0.2, 0.25) is 0 Å². The van der Waals surface area contributed by atoms with Gasteiger partial charge >= 0.3 is 0 Å². The van der Waals surface area contributed by atoms with E-state index in [2.05, 4.69) is 31.2 Å². The molecule has 0 bridgehead atoms. The first-order valence-electron chi connectivity index (χ1n) is 4.80. The minimum Gasteiger partial charge on any atom is -0.327 e. The summed E-state index contributed by atoms with van der Waals surface area (Å²) in [5.41, 5.74) is 5.37. The van der Waals surface area contributed by atoms with Crippen molar-refractivity contribution in [3.63, 3.8) is 0 Å². The lowest BCUT2D eigenvalue weighted by Crippen LogP contribution is -2.33. The average Bonchev–Trinajstić information content (AvgIpc) is 2.14. The van der Waals surface area contributed by atoms with Gasteiger partial charge in [0.05, 0.1) is 0 Å². The van der Waals surface area contributed by atoms with Gasteiger partial charge < -0.3 is 5.73 Å². The first-order valence-corrected chi connectivity index (χ1v) is 6.19. The summed E-state index contributed by atoms with van der Waals surface area (Å²) in [6.45, 7) is 3.90. The molecule has 0 rings (SSSR count). The molecule has 0 spiro atoms. The number of rotatable bonds is 7. The van der Waals surface area contributed by atoms with Crippen LogP contribution >= 0.6 is 11.8 Å². The van der Waals surface area contributed by atoms with Crippen LogP contribution in [0.4, 0.5) is 0 Å².